The van der Waals surface area contributed by atoms with Gasteiger partial charge in [-0.05, 0) is 38.0 Å². The summed E-state index contributed by atoms with van der Waals surface area (Å²) in [7, 11) is 0. The lowest BCUT2D eigenvalue weighted by atomic mass is 10.2. The van der Waals surface area contributed by atoms with Crippen molar-refractivity contribution in [3.63, 3.8) is 0 Å². The molecule has 1 saturated carbocycles. The lowest BCUT2D eigenvalue weighted by Crippen LogP contribution is -2.47. The summed E-state index contributed by atoms with van der Waals surface area (Å²) in [5.74, 6) is -2.50. The van der Waals surface area contributed by atoms with Crippen molar-refractivity contribution in [1.29, 1.82) is 0 Å². The van der Waals surface area contributed by atoms with E-state index < -0.39 is 29.8 Å². The fourth-order valence-electron chi connectivity index (χ4n) is 2.44. The molecular formula is C16H18BrFN2O4. The minimum absolute atomic E-state index is 0.0615. The smallest absolute Gasteiger partial charge is 0.341 e. The van der Waals surface area contributed by atoms with Crippen LogP contribution < -0.4 is 10.6 Å². The van der Waals surface area contributed by atoms with Crippen molar-refractivity contribution in [2.45, 2.75) is 44.8 Å². The molecule has 0 unspecified atom stereocenters. The Morgan fingerprint density at radius 2 is 1.96 bits per heavy atom. The van der Waals surface area contributed by atoms with Gasteiger partial charge in [-0.15, -0.1) is 0 Å². The topological polar surface area (TPSA) is 84.5 Å². The van der Waals surface area contributed by atoms with Crippen molar-refractivity contribution in [3.8, 4) is 0 Å². The number of halogens is 2. The molecule has 1 fully saturated rings. The second kappa shape index (κ2) is 8.23. The van der Waals surface area contributed by atoms with Crippen molar-refractivity contribution in [2.24, 2.45) is 0 Å². The van der Waals surface area contributed by atoms with Gasteiger partial charge in [0.25, 0.3) is 5.91 Å². The summed E-state index contributed by atoms with van der Waals surface area (Å²) in [5.41, 5.74) is -0.292. The molecule has 1 atom stereocenters. The number of carbonyl (C=O) groups is 3. The molecule has 2 rings (SSSR count). The zero-order chi connectivity index (χ0) is 17.7. The van der Waals surface area contributed by atoms with Gasteiger partial charge in [-0.25, -0.2) is 14.0 Å². The van der Waals surface area contributed by atoms with Crippen molar-refractivity contribution in [1.82, 2.24) is 10.6 Å². The number of rotatable bonds is 4. The minimum Gasteiger partial charge on any atom is -0.449 e. The van der Waals surface area contributed by atoms with E-state index in [0.717, 1.165) is 31.7 Å². The first-order chi connectivity index (χ1) is 11.4. The summed E-state index contributed by atoms with van der Waals surface area (Å²) in [6.07, 6.45) is 2.63. The highest BCUT2D eigenvalue weighted by Crippen LogP contribution is 2.18. The van der Waals surface area contributed by atoms with Gasteiger partial charge in [-0.1, -0.05) is 28.8 Å². The van der Waals surface area contributed by atoms with Gasteiger partial charge in [-0.3, -0.25) is 10.1 Å². The van der Waals surface area contributed by atoms with Gasteiger partial charge in [-0.2, -0.15) is 0 Å². The van der Waals surface area contributed by atoms with Gasteiger partial charge in [0.05, 0.1) is 5.56 Å². The number of hydrogen-bond acceptors (Lipinski definition) is 4. The lowest BCUT2D eigenvalue weighted by molar-refractivity contribution is -0.127. The summed E-state index contributed by atoms with van der Waals surface area (Å²) in [6.45, 7) is 1.31. The maximum atomic E-state index is 13.6. The van der Waals surface area contributed by atoms with E-state index in [2.05, 4.69) is 26.6 Å². The fourth-order valence-corrected chi connectivity index (χ4v) is 2.80. The van der Waals surface area contributed by atoms with Crippen molar-refractivity contribution < 1.29 is 23.5 Å². The average Bonchev–Trinajstić information content (AvgIpc) is 3.02. The first kappa shape index (κ1) is 18.4. The van der Waals surface area contributed by atoms with E-state index in [9.17, 15) is 18.8 Å². The molecule has 0 aliphatic heterocycles. The third-order valence-corrected chi connectivity index (χ3v) is 4.22. The van der Waals surface area contributed by atoms with E-state index >= 15 is 0 Å². The third kappa shape index (κ3) is 5.02. The highest BCUT2D eigenvalue weighted by molar-refractivity contribution is 9.10. The Morgan fingerprint density at radius 1 is 1.29 bits per heavy atom. The summed E-state index contributed by atoms with van der Waals surface area (Å²) < 4.78 is 19.0. The van der Waals surface area contributed by atoms with Gasteiger partial charge < -0.3 is 10.1 Å². The Labute approximate surface area is 147 Å². The Bertz CT molecular complexity index is 647. The number of amides is 3. The second-order valence-electron chi connectivity index (χ2n) is 5.62. The molecule has 1 aromatic carbocycles. The normalized spacial score (nSPS) is 15.6. The van der Waals surface area contributed by atoms with Crippen LogP contribution in [0.15, 0.2) is 22.7 Å². The SMILES string of the molecule is C[C@H](OC(=O)c1cc(Br)ccc1F)C(=O)NC(=O)NC1CCCC1. The first-order valence-electron chi connectivity index (χ1n) is 7.64. The summed E-state index contributed by atoms with van der Waals surface area (Å²) in [4.78, 5) is 35.5. The van der Waals surface area contributed by atoms with Gasteiger partial charge in [0.2, 0.25) is 0 Å². The molecule has 2 N–H and O–H groups in total. The number of ether oxygens (including phenoxy) is 1. The molecule has 0 radical (unpaired) electrons. The maximum absolute atomic E-state index is 13.6. The quantitative estimate of drug-likeness (QED) is 0.760. The Morgan fingerprint density at radius 3 is 2.62 bits per heavy atom. The van der Waals surface area contributed by atoms with E-state index in [1.165, 1.54) is 19.1 Å². The highest BCUT2D eigenvalue weighted by Gasteiger charge is 2.24. The fraction of sp³-hybridized carbons (Fsp3) is 0.438. The number of hydrogen-bond donors (Lipinski definition) is 2. The summed E-state index contributed by atoms with van der Waals surface area (Å²) >= 11 is 3.13. The Kier molecular flexibility index (Phi) is 6.30. The lowest BCUT2D eigenvalue weighted by Gasteiger charge is -2.15. The zero-order valence-corrected chi connectivity index (χ0v) is 14.7. The first-order valence-corrected chi connectivity index (χ1v) is 8.43. The largest absolute Gasteiger partial charge is 0.449 e. The second-order valence-corrected chi connectivity index (χ2v) is 6.53. The van der Waals surface area contributed by atoms with Crippen LogP contribution in [0.5, 0.6) is 0 Å². The molecule has 0 saturated heterocycles. The van der Waals surface area contributed by atoms with Gasteiger partial charge in [0, 0.05) is 10.5 Å². The molecule has 0 spiro atoms. The van der Waals surface area contributed by atoms with Crippen molar-refractivity contribution in [2.75, 3.05) is 0 Å². The van der Waals surface area contributed by atoms with Gasteiger partial charge >= 0.3 is 12.0 Å². The molecule has 1 aliphatic rings. The van der Waals surface area contributed by atoms with Crippen LogP contribution in [-0.4, -0.2) is 30.1 Å². The molecule has 8 heteroatoms. The Balaban J connectivity index is 1.87. The maximum Gasteiger partial charge on any atom is 0.341 e. The molecule has 24 heavy (non-hydrogen) atoms. The monoisotopic (exact) mass is 400 g/mol. The predicted octanol–water partition coefficient (Wildman–Crippen LogP) is 2.90. The van der Waals surface area contributed by atoms with Gasteiger partial charge in [0.1, 0.15) is 5.82 Å². The predicted molar refractivity (Wildman–Crippen MR) is 87.9 cm³/mol. The average molecular weight is 401 g/mol. The van der Waals surface area contributed by atoms with E-state index in [4.69, 9.17) is 4.74 Å². The number of esters is 1. The number of imide groups is 1. The standard InChI is InChI=1S/C16H18BrFN2O4/c1-9(14(21)20-16(23)19-11-4-2-3-5-11)24-15(22)12-8-10(17)6-7-13(12)18/h6-9,11H,2-5H2,1H3,(H2,19,20,21,23)/t9-/m0/s1. The molecule has 0 heterocycles. The van der Waals surface area contributed by atoms with Crippen molar-refractivity contribution in [3.05, 3.63) is 34.1 Å². The molecule has 0 bridgehead atoms. The summed E-state index contributed by atoms with van der Waals surface area (Å²) in [6, 6.07) is 3.25. The van der Waals surface area contributed by atoms with Crippen molar-refractivity contribution >= 4 is 33.8 Å². The number of nitrogens with one attached hydrogen (secondary N) is 2. The molecule has 1 aliphatic carbocycles. The zero-order valence-electron chi connectivity index (χ0n) is 13.1. The van der Waals surface area contributed by atoms with Crippen LogP contribution >= 0.6 is 15.9 Å². The van der Waals surface area contributed by atoms with E-state index in [1.807, 2.05) is 0 Å². The molecule has 6 nitrogen and oxygen atoms in total. The Hall–Kier alpha value is -1.96. The van der Waals surface area contributed by atoms with Crippen LogP contribution in [0.2, 0.25) is 0 Å². The molecular weight excluding hydrogens is 383 g/mol. The van der Waals surface area contributed by atoms with Crippen LogP contribution in [0.1, 0.15) is 43.0 Å². The van der Waals surface area contributed by atoms with Gasteiger partial charge in [0.15, 0.2) is 6.10 Å². The van der Waals surface area contributed by atoms with Crippen LogP contribution in [0.3, 0.4) is 0 Å². The minimum atomic E-state index is -1.23. The number of carbonyl (C=O) groups excluding carboxylic acids is 3. The van der Waals surface area contributed by atoms with Crippen LogP contribution in [0.25, 0.3) is 0 Å². The van der Waals surface area contributed by atoms with Crippen LogP contribution in [-0.2, 0) is 9.53 Å². The van der Waals surface area contributed by atoms with E-state index in [0.29, 0.717) is 4.47 Å². The van der Waals surface area contributed by atoms with Crippen LogP contribution in [0, 0.1) is 5.82 Å². The van der Waals surface area contributed by atoms with E-state index in [-0.39, 0.29) is 11.6 Å². The molecule has 1 aromatic rings. The molecule has 0 aromatic heterocycles. The van der Waals surface area contributed by atoms with Crippen LogP contribution in [0.4, 0.5) is 9.18 Å². The molecule has 3 amide bonds. The number of urea groups is 1. The summed E-state index contributed by atoms with van der Waals surface area (Å²) in [5, 5.41) is 4.81. The van der Waals surface area contributed by atoms with E-state index in [1.54, 1.807) is 0 Å². The highest BCUT2D eigenvalue weighted by atomic mass is 79.9. The third-order valence-electron chi connectivity index (χ3n) is 3.73. The number of benzene rings is 1. The molecule has 130 valence electrons.